The summed E-state index contributed by atoms with van der Waals surface area (Å²) in [5, 5.41) is 0. The zero-order chi connectivity index (χ0) is 12.4. The van der Waals surface area contributed by atoms with Crippen molar-refractivity contribution in [3.05, 3.63) is 45.8 Å². The Labute approximate surface area is 109 Å². The molecule has 1 heterocycles. The lowest BCUT2D eigenvalue weighted by Crippen LogP contribution is -1.94. The summed E-state index contributed by atoms with van der Waals surface area (Å²) in [4.78, 5) is 8.36. The van der Waals surface area contributed by atoms with E-state index >= 15 is 0 Å². The van der Waals surface area contributed by atoms with E-state index in [2.05, 4.69) is 32.0 Å². The molecule has 2 rings (SSSR count). The van der Waals surface area contributed by atoms with Gasteiger partial charge in [-0.05, 0) is 60.0 Å². The Morgan fingerprint density at radius 3 is 2.18 bits per heavy atom. The standard InChI is InChI=1S/C13H13BrN2O/c1-8-4-9(2)6-11(5-8)17-13-7-12(14)15-10(3)16-13/h4-7H,1-3H3. The summed E-state index contributed by atoms with van der Waals surface area (Å²) in [5.74, 6) is 2.03. The van der Waals surface area contributed by atoms with Gasteiger partial charge >= 0.3 is 0 Å². The van der Waals surface area contributed by atoms with Crippen molar-refractivity contribution in [1.82, 2.24) is 9.97 Å². The van der Waals surface area contributed by atoms with Gasteiger partial charge in [0.25, 0.3) is 0 Å². The molecule has 1 aromatic carbocycles. The summed E-state index contributed by atoms with van der Waals surface area (Å²) in [5.41, 5.74) is 2.34. The SMILES string of the molecule is Cc1cc(C)cc(Oc2cc(Br)nc(C)n2)c1. The summed E-state index contributed by atoms with van der Waals surface area (Å²) in [6, 6.07) is 7.83. The molecule has 1 aromatic heterocycles. The fourth-order valence-electron chi connectivity index (χ4n) is 1.67. The van der Waals surface area contributed by atoms with Crippen molar-refractivity contribution in [2.45, 2.75) is 20.8 Å². The number of rotatable bonds is 2. The first-order chi connectivity index (χ1) is 8.02. The summed E-state index contributed by atoms with van der Waals surface area (Å²) >= 11 is 3.32. The molecule has 0 fully saturated rings. The summed E-state index contributed by atoms with van der Waals surface area (Å²) < 4.78 is 6.45. The first kappa shape index (κ1) is 12.0. The lowest BCUT2D eigenvalue weighted by Gasteiger charge is -2.07. The Bertz CT molecular complexity index is 465. The molecule has 0 aliphatic carbocycles. The van der Waals surface area contributed by atoms with E-state index in [1.54, 1.807) is 6.07 Å². The van der Waals surface area contributed by atoms with Gasteiger partial charge in [-0.2, -0.15) is 4.98 Å². The van der Waals surface area contributed by atoms with Crippen molar-refractivity contribution >= 4 is 15.9 Å². The van der Waals surface area contributed by atoms with Crippen LogP contribution in [0.5, 0.6) is 11.6 Å². The van der Waals surface area contributed by atoms with Crippen molar-refractivity contribution in [2.24, 2.45) is 0 Å². The second kappa shape index (κ2) is 4.84. The van der Waals surface area contributed by atoms with Gasteiger partial charge in [0.05, 0.1) is 0 Å². The van der Waals surface area contributed by atoms with Crippen LogP contribution in [0.15, 0.2) is 28.9 Å². The van der Waals surface area contributed by atoms with E-state index in [0.717, 1.165) is 10.4 Å². The summed E-state index contributed by atoms with van der Waals surface area (Å²) in [7, 11) is 0. The van der Waals surface area contributed by atoms with Crippen LogP contribution < -0.4 is 4.74 Å². The van der Waals surface area contributed by atoms with E-state index in [1.807, 2.05) is 32.9 Å². The molecule has 0 saturated carbocycles. The maximum absolute atomic E-state index is 5.72. The quantitative estimate of drug-likeness (QED) is 0.786. The van der Waals surface area contributed by atoms with Crippen LogP contribution in [-0.2, 0) is 0 Å². The van der Waals surface area contributed by atoms with Crippen LogP contribution in [0.3, 0.4) is 0 Å². The number of hydrogen-bond acceptors (Lipinski definition) is 3. The third kappa shape index (κ3) is 3.27. The van der Waals surface area contributed by atoms with Crippen molar-refractivity contribution in [1.29, 1.82) is 0 Å². The summed E-state index contributed by atoms with van der Waals surface area (Å²) in [6.07, 6.45) is 0. The highest BCUT2D eigenvalue weighted by molar-refractivity contribution is 9.10. The Morgan fingerprint density at radius 1 is 0.941 bits per heavy atom. The minimum absolute atomic E-state index is 0.550. The van der Waals surface area contributed by atoms with Gasteiger partial charge in [-0.15, -0.1) is 0 Å². The molecule has 0 radical (unpaired) electrons. The lowest BCUT2D eigenvalue weighted by molar-refractivity contribution is 0.458. The van der Waals surface area contributed by atoms with Crippen molar-refractivity contribution < 1.29 is 4.74 Å². The van der Waals surface area contributed by atoms with Gasteiger partial charge < -0.3 is 4.74 Å². The molecule has 4 heteroatoms. The molecule has 0 N–H and O–H groups in total. The maximum atomic E-state index is 5.72. The smallest absolute Gasteiger partial charge is 0.223 e. The average Bonchev–Trinajstić information content (AvgIpc) is 2.13. The summed E-state index contributed by atoms with van der Waals surface area (Å²) in [6.45, 7) is 5.92. The van der Waals surface area contributed by atoms with Crippen molar-refractivity contribution in [2.75, 3.05) is 0 Å². The molecule has 0 atom stereocenters. The monoisotopic (exact) mass is 292 g/mol. The van der Waals surface area contributed by atoms with E-state index in [9.17, 15) is 0 Å². The van der Waals surface area contributed by atoms with Gasteiger partial charge in [0, 0.05) is 6.07 Å². The number of nitrogens with zero attached hydrogens (tertiary/aromatic N) is 2. The Kier molecular flexibility index (Phi) is 3.43. The molecule has 0 bridgehead atoms. The van der Waals surface area contributed by atoms with E-state index in [4.69, 9.17) is 4.74 Å². The Balaban J connectivity index is 2.31. The second-order valence-electron chi connectivity index (χ2n) is 4.00. The highest BCUT2D eigenvalue weighted by Gasteiger charge is 2.03. The zero-order valence-electron chi connectivity index (χ0n) is 9.99. The molecule has 0 aliphatic heterocycles. The number of ether oxygens (including phenoxy) is 1. The molecular weight excluding hydrogens is 280 g/mol. The third-order valence-corrected chi connectivity index (χ3v) is 2.61. The molecular formula is C13H13BrN2O. The molecule has 0 amide bonds. The largest absolute Gasteiger partial charge is 0.439 e. The zero-order valence-corrected chi connectivity index (χ0v) is 11.6. The first-order valence-corrected chi connectivity index (χ1v) is 6.09. The van der Waals surface area contributed by atoms with E-state index in [1.165, 1.54) is 11.1 Å². The van der Waals surface area contributed by atoms with Crippen LogP contribution in [-0.4, -0.2) is 9.97 Å². The molecule has 88 valence electrons. The van der Waals surface area contributed by atoms with Crippen LogP contribution in [0.25, 0.3) is 0 Å². The highest BCUT2D eigenvalue weighted by Crippen LogP contribution is 2.23. The fraction of sp³-hybridized carbons (Fsp3) is 0.231. The number of benzene rings is 1. The lowest BCUT2D eigenvalue weighted by atomic mass is 10.1. The minimum Gasteiger partial charge on any atom is -0.439 e. The molecule has 0 aliphatic rings. The van der Waals surface area contributed by atoms with Crippen molar-refractivity contribution in [3.63, 3.8) is 0 Å². The topological polar surface area (TPSA) is 35.0 Å². The Morgan fingerprint density at radius 2 is 1.59 bits per heavy atom. The number of hydrogen-bond donors (Lipinski definition) is 0. The van der Waals surface area contributed by atoms with Crippen LogP contribution in [0.1, 0.15) is 17.0 Å². The molecule has 2 aromatic rings. The highest BCUT2D eigenvalue weighted by atomic mass is 79.9. The van der Waals surface area contributed by atoms with Gasteiger partial charge in [-0.1, -0.05) is 6.07 Å². The minimum atomic E-state index is 0.550. The van der Waals surface area contributed by atoms with Crippen LogP contribution >= 0.6 is 15.9 Å². The van der Waals surface area contributed by atoms with Crippen LogP contribution in [0.4, 0.5) is 0 Å². The van der Waals surface area contributed by atoms with Gasteiger partial charge in [-0.3, -0.25) is 0 Å². The van der Waals surface area contributed by atoms with Gasteiger partial charge in [0.15, 0.2) is 0 Å². The second-order valence-corrected chi connectivity index (χ2v) is 4.81. The Hall–Kier alpha value is -1.42. The molecule has 0 unspecified atom stereocenters. The third-order valence-electron chi connectivity index (χ3n) is 2.20. The first-order valence-electron chi connectivity index (χ1n) is 5.30. The number of aryl methyl sites for hydroxylation is 3. The van der Waals surface area contributed by atoms with Gasteiger partial charge in [-0.25, -0.2) is 4.98 Å². The van der Waals surface area contributed by atoms with E-state index in [-0.39, 0.29) is 0 Å². The van der Waals surface area contributed by atoms with Gasteiger partial charge in [0.1, 0.15) is 16.2 Å². The number of halogens is 1. The van der Waals surface area contributed by atoms with Crippen LogP contribution in [0.2, 0.25) is 0 Å². The number of aromatic nitrogens is 2. The molecule has 3 nitrogen and oxygen atoms in total. The van der Waals surface area contributed by atoms with Crippen molar-refractivity contribution in [3.8, 4) is 11.6 Å². The van der Waals surface area contributed by atoms with E-state index in [0.29, 0.717) is 11.7 Å². The molecule has 17 heavy (non-hydrogen) atoms. The predicted octanol–water partition coefficient (Wildman–Crippen LogP) is 3.96. The normalized spacial score (nSPS) is 10.4. The predicted molar refractivity (Wildman–Crippen MR) is 70.5 cm³/mol. The van der Waals surface area contributed by atoms with E-state index < -0.39 is 0 Å². The maximum Gasteiger partial charge on any atom is 0.223 e. The average molecular weight is 293 g/mol. The fourth-order valence-corrected chi connectivity index (χ4v) is 2.12. The molecule has 0 spiro atoms. The van der Waals surface area contributed by atoms with Gasteiger partial charge in [0.2, 0.25) is 5.88 Å². The molecule has 0 saturated heterocycles. The van der Waals surface area contributed by atoms with Crippen LogP contribution in [0, 0.1) is 20.8 Å².